The monoisotopic (exact) mass is 233 g/mol. The van der Waals surface area contributed by atoms with Crippen LogP contribution in [0.2, 0.25) is 0 Å². The largest absolute Gasteiger partial charge is 0.483 e. The number of aromatic nitrogens is 2. The van der Waals surface area contributed by atoms with Gasteiger partial charge in [0.2, 0.25) is 11.7 Å². The highest BCUT2D eigenvalue weighted by atomic mass is 16.5. The van der Waals surface area contributed by atoms with E-state index in [4.69, 9.17) is 15.0 Å². The fourth-order valence-electron chi connectivity index (χ4n) is 1.42. The number of para-hydroxylation sites is 2. The quantitative estimate of drug-likeness (QED) is 0.801. The Bertz CT molecular complexity index is 482. The van der Waals surface area contributed by atoms with Crippen molar-refractivity contribution in [3.8, 4) is 5.75 Å². The number of rotatable bonds is 5. The van der Waals surface area contributed by atoms with Crippen LogP contribution in [0.15, 0.2) is 28.8 Å². The summed E-state index contributed by atoms with van der Waals surface area (Å²) in [6, 6.07) is 7.32. The number of hydrogen-bond donors (Lipinski definition) is 1. The van der Waals surface area contributed by atoms with Crippen LogP contribution in [0.5, 0.6) is 5.75 Å². The lowest BCUT2D eigenvalue weighted by Crippen LogP contribution is -2.00. The van der Waals surface area contributed by atoms with Gasteiger partial charge in [-0.1, -0.05) is 24.2 Å². The first-order chi connectivity index (χ1) is 8.29. The second kappa shape index (κ2) is 5.34. The lowest BCUT2D eigenvalue weighted by atomic mass is 10.3. The minimum atomic E-state index is 0.265. The summed E-state index contributed by atoms with van der Waals surface area (Å²) in [5, 5.41) is 3.83. The van der Waals surface area contributed by atoms with Crippen LogP contribution < -0.4 is 10.5 Å². The molecule has 0 saturated carbocycles. The van der Waals surface area contributed by atoms with Gasteiger partial charge in [0.1, 0.15) is 5.75 Å². The van der Waals surface area contributed by atoms with Crippen LogP contribution in [-0.4, -0.2) is 10.1 Å². The number of hydrogen-bond acceptors (Lipinski definition) is 5. The van der Waals surface area contributed by atoms with Gasteiger partial charge in [-0.25, -0.2) is 0 Å². The van der Waals surface area contributed by atoms with Gasteiger partial charge in [-0.05, 0) is 18.6 Å². The number of benzene rings is 1. The molecule has 2 rings (SSSR count). The van der Waals surface area contributed by atoms with E-state index in [0.29, 0.717) is 23.2 Å². The minimum absolute atomic E-state index is 0.265. The van der Waals surface area contributed by atoms with E-state index in [1.54, 1.807) is 6.07 Å². The molecule has 0 aliphatic heterocycles. The van der Waals surface area contributed by atoms with Gasteiger partial charge >= 0.3 is 0 Å². The summed E-state index contributed by atoms with van der Waals surface area (Å²) in [6.45, 7) is 2.33. The number of aryl methyl sites for hydroxylation is 1. The molecule has 2 aromatic rings. The van der Waals surface area contributed by atoms with Gasteiger partial charge in [-0.15, -0.1) is 0 Å². The van der Waals surface area contributed by atoms with Crippen LogP contribution >= 0.6 is 0 Å². The average molecular weight is 233 g/mol. The van der Waals surface area contributed by atoms with Crippen molar-refractivity contribution in [2.75, 3.05) is 5.73 Å². The molecule has 0 aliphatic carbocycles. The zero-order chi connectivity index (χ0) is 12.1. The van der Waals surface area contributed by atoms with Gasteiger partial charge in [-0.3, -0.25) is 0 Å². The highest BCUT2D eigenvalue weighted by molar-refractivity contribution is 5.51. The lowest BCUT2D eigenvalue weighted by Gasteiger charge is -2.05. The van der Waals surface area contributed by atoms with Gasteiger partial charge in [0.15, 0.2) is 6.61 Å². The van der Waals surface area contributed by atoms with Crippen LogP contribution in [0.4, 0.5) is 5.69 Å². The molecule has 0 bridgehead atoms. The van der Waals surface area contributed by atoms with Crippen molar-refractivity contribution < 1.29 is 9.26 Å². The van der Waals surface area contributed by atoms with E-state index in [2.05, 4.69) is 17.1 Å². The van der Waals surface area contributed by atoms with Gasteiger partial charge in [-0.2, -0.15) is 4.98 Å². The van der Waals surface area contributed by atoms with Crippen molar-refractivity contribution >= 4 is 5.69 Å². The van der Waals surface area contributed by atoms with E-state index in [1.165, 1.54) is 0 Å². The van der Waals surface area contributed by atoms with E-state index in [1.807, 2.05) is 18.2 Å². The van der Waals surface area contributed by atoms with Crippen molar-refractivity contribution in [1.29, 1.82) is 0 Å². The average Bonchev–Trinajstić information content (AvgIpc) is 2.76. The number of nitrogen functional groups attached to an aromatic ring is 1. The Morgan fingerprint density at radius 1 is 1.35 bits per heavy atom. The number of nitrogens with two attached hydrogens (primary N) is 1. The van der Waals surface area contributed by atoms with Gasteiger partial charge in [0, 0.05) is 6.42 Å². The molecule has 5 nitrogen and oxygen atoms in total. The number of anilines is 1. The third-order valence-corrected chi connectivity index (χ3v) is 2.25. The van der Waals surface area contributed by atoms with Crippen molar-refractivity contribution in [2.45, 2.75) is 26.4 Å². The standard InChI is InChI=1S/C12H15N3O2/c1-2-5-12-14-11(15-17-12)8-16-10-7-4-3-6-9(10)13/h3-4,6-7H,2,5,8,13H2,1H3. The molecule has 0 fully saturated rings. The predicted molar refractivity (Wildman–Crippen MR) is 63.5 cm³/mol. The maximum atomic E-state index is 5.75. The fourth-order valence-corrected chi connectivity index (χ4v) is 1.42. The zero-order valence-corrected chi connectivity index (χ0v) is 9.72. The topological polar surface area (TPSA) is 74.2 Å². The van der Waals surface area contributed by atoms with Gasteiger partial charge in [0.05, 0.1) is 5.69 Å². The van der Waals surface area contributed by atoms with Crippen LogP contribution in [-0.2, 0) is 13.0 Å². The van der Waals surface area contributed by atoms with E-state index in [9.17, 15) is 0 Å². The summed E-state index contributed by atoms with van der Waals surface area (Å²) in [6.07, 6.45) is 1.77. The summed E-state index contributed by atoms with van der Waals surface area (Å²) >= 11 is 0. The van der Waals surface area contributed by atoms with Crippen LogP contribution in [0.3, 0.4) is 0 Å². The molecule has 0 radical (unpaired) electrons. The second-order valence-electron chi connectivity index (χ2n) is 3.68. The Morgan fingerprint density at radius 3 is 2.94 bits per heavy atom. The molecule has 0 unspecified atom stereocenters. The molecular weight excluding hydrogens is 218 g/mol. The smallest absolute Gasteiger partial charge is 0.226 e. The first-order valence-electron chi connectivity index (χ1n) is 5.58. The highest BCUT2D eigenvalue weighted by Gasteiger charge is 2.06. The van der Waals surface area contributed by atoms with E-state index < -0.39 is 0 Å². The lowest BCUT2D eigenvalue weighted by molar-refractivity contribution is 0.286. The van der Waals surface area contributed by atoms with E-state index >= 15 is 0 Å². The first kappa shape index (κ1) is 11.4. The Labute approximate surface area is 99.6 Å². The van der Waals surface area contributed by atoms with Gasteiger partial charge in [0.25, 0.3) is 0 Å². The van der Waals surface area contributed by atoms with E-state index in [0.717, 1.165) is 12.8 Å². The SMILES string of the molecule is CCCc1nc(COc2ccccc2N)no1. The summed E-state index contributed by atoms with van der Waals surface area (Å²) < 4.78 is 10.6. The predicted octanol–water partition coefficient (Wildman–Crippen LogP) is 2.18. The van der Waals surface area contributed by atoms with E-state index in [-0.39, 0.29) is 6.61 Å². The normalized spacial score (nSPS) is 10.4. The van der Waals surface area contributed by atoms with Crippen molar-refractivity contribution in [3.05, 3.63) is 36.0 Å². The molecule has 5 heteroatoms. The summed E-state index contributed by atoms with van der Waals surface area (Å²) in [4.78, 5) is 4.20. The highest BCUT2D eigenvalue weighted by Crippen LogP contribution is 2.20. The molecule has 2 N–H and O–H groups in total. The minimum Gasteiger partial charge on any atom is -0.483 e. The van der Waals surface area contributed by atoms with Crippen molar-refractivity contribution in [3.63, 3.8) is 0 Å². The summed E-state index contributed by atoms with van der Waals surface area (Å²) in [7, 11) is 0. The van der Waals surface area contributed by atoms with Crippen molar-refractivity contribution in [2.24, 2.45) is 0 Å². The maximum absolute atomic E-state index is 5.75. The number of nitrogens with zero attached hydrogens (tertiary/aromatic N) is 2. The molecule has 90 valence electrons. The molecule has 1 heterocycles. The molecule has 0 atom stereocenters. The maximum Gasteiger partial charge on any atom is 0.226 e. The molecule has 0 spiro atoms. The molecule has 0 amide bonds. The Kier molecular flexibility index (Phi) is 3.59. The number of ether oxygens (including phenoxy) is 1. The Hall–Kier alpha value is -2.04. The first-order valence-corrected chi connectivity index (χ1v) is 5.58. The van der Waals surface area contributed by atoms with Crippen molar-refractivity contribution in [1.82, 2.24) is 10.1 Å². The zero-order valence-electron chi connectivity index (χ0n) is 9.72. The Balaban J connectivity index is 1.95. The van der Waals surface area contributed by atoms with Gasteiger partial charge < -0.3 is 15.0 Å². The fraction of sp³-hybridized carbons (Fsp3) is 0.333. The molecule has 0 saturated heterocycles. The molecule has 17 heavy (non-hydrogen) atoms. The second-order valence-corrected chi connectivity index (χ2v) is 3.68. The third kappa shape index (κ3) is 2.96. The van der Waals surface area contributed by atoms with Crippen LogP contribution in [0.1, 0.15) is 25.1 Å². The summed E-state index contributed by atoms with van der Waals surface area (Å²) in [5.41, 5.74) is 6.35. The Morgan fingerprint density at radius 2 is 2.18 bits per heavy atom. The molecule has 1 aromatic carbocycles. The van der Waals surface area contributed by atoms with Crippen LogP contribution in [0.25, 0.3) is 0 Å². The summed E-state index contributed by atoms with van der Waals surface area (Å²) in [5.74, 6) is 1.82. The third-order valence-electron chi connectivity index (χ3n) is 2.25. The molecule has 0 aliphatic rings. The molecular formula is C12H15N3O2. The molecule has 1 aromatic heterocycles. The van der Waals surface area contributed by atoms with Crippen LogP contribution in [0, 0.1) is 0 Å².